The molecular formula is C31H44F2N3O8P. The number of alkyl halides is 2. The summed E-state index contributed by atoms with van der Waals surface area (Å²) in [6.45, 7) is 1.39. The standard InChI is InChI=1S/C31H44F2N3O8P/c1-2-3-4-5-6-7-8-9-10-11-12-13-18-27(37)43-28-25(22-41-45(39)40-21-23-16-14-15-17-24(23)44-45)42-29(31(28,32)33)36-20-19-26(34)35-30(36)38/h14-17,19-20,25,28-29H,2-13,18,21-22H2,1H3,(H2,34,35,38)/t25-,28-,29?,45?/m1/s1. The maximum Gasteiger partial charge on any atom is 0.530 e. The molecule has 0 bridgehead atoms. The van der Waals surface area contributed by atoms with Crippen LogP contribution >= 0.6 is 7.82 Å². The van der Waals surface area contributed by atoms with Crippen LogP contribution in [0.15, 0.2) is 41.3 Å². The number of nitrogens with two attached hydrogens (primary N) is 1. The number of phosphoric acid groups is 1. The largest absolute Gasteiger partial charge is 0.530 e. The average molecular weight is 656 g/mol. The minimum Gasteiger partial charge on any atom is -0.453 e. The third-order valence-corrected chi connectivity index (χ3v) is 9.24. The lowest BCUT2D eigenvalue weighted by Crippen LogP contribution is -2.44. The Morgan fingerprint density at radius 3 is 2.36 bits per heavy atom. The summed E-state index contributed by atoms with van der Waals surface area (Å²) in [4.78, 5) is 28.6. The Kier molecular flexibility index (Phi) is 12.9. The van der Waals surface area contributed by atoms with E-state index in [1.54, 1.807) is 24.3 Å². The molecule has 1 saturated heterocycles. The lowest BCUT2D eigenvalue weighted by atomic mass is 10.0. The van der Waals surface area contributed by atoms with Gasteiger partial charge in [-0.25, -0.2) is 9.36 Å². The minimum absolute atomic E-state index is 0.0624. The normalized spacial score (nSPS) is 23.8. The van der Waals surface area contributed by atoms with E-state index in [0.717, 1.165) is 31.9 Å². The molecule has 1 fully saturated rings. The number of rotatable bonds is 18. The highest BCUT2D eigenvalue weighted by Gasteiger charge is 2.63. The number of hydrogen-bond acceptors (Lipinski definition) is 10. The predicted molar refractivity (Wildman–Crippen MR) is 163 cm³/mol. The number of halogens is 2. The van der Waals surface area contributed by atoms with Gasteiger partial charge in [0, 0.05) is 18.2 Å². The van der Waals surface area contributed by atoms with Gasteiger partial charge in [0.1, 0.15) is 17.7 Å². The van der Waals surface area contributed by atoms with Crippen molar-refractivity contribution in [3.8, 4) is 5.75 Å². The molecule has 2 aromatic rings. The summed E-state index contributed by atoms with van der Waals surface area (Å²) < 4.78 is 72.1. The summed E-state index contributed by atoms with van der Waals surface area (Å²) in [5, 5.41) is 0. The van der Waals surface area contributed by atoms with Crippen LogP contribution in [-0.2, 0) is 34.5 Å². The molecule has 1 aromatic carbocycles. The van der Waals surface area contributed by atoms with Crippen molar-refractivity contribution in [3.63, 3.8) is 0 Å². The fourth-order valence-corrected chi connectivity index (χ4v) is 6.62. The van der Waals surface area contributed by atoms with Gasteiger partial charge in [-0.15, -0.1) is 0 Å². The molecular weight excluding hydrogens is 611 g/mol. The quantitative estimate of drug-likeness (QED) is 0.100. The first-order valence-corrected chi connectivity index (χ1v) is 17.3. The molecule has 3 heterocycles. The summed E-state index contributed by atoms with van der Waals surface area (Å²) in [5.41, 5.74) is 5.07. The maximum absolute atomic E-state index is 15.8. The Morgan fingerprint density at radius 2 is 1.69 bits per heavy atom. The summed E-state index contributed by atoms with van der Waals surface area (Å²) in [6.07, 6.45) is 8.20. The van der Waals surface area contributed by atoms with Gasteiger partial charge in [0.25, 0.3) is 0 Å². The molecule has 2 unspecified atom stereocenters. The van der Waals surface area contributed by atoms with Crippen molar-refractivity contribution in [1.29, 1.82) is 0 Å². The third-order valence-electron chi connectivity index (χ3n) is 7.90. The van der Waals surface area contributed by atoms with Crippen LogP contribution in [0.1, 0.15) is 102 Å². The molecule has 11 nitrogen and oxygen atoms in total. The van der Waals surface area contributed by atoms with E-state index >= 15 is 8.78 Å². The van der Waals surface area contributed by atoms with E-state index in [2.05, 4.69) is 11.9 Å². The number of carbonyl (C=O) groups is 1. The van der Waals surface area contributed by atoms with Gasteiger partial charge >= 0.3 is 25.4 Å². The van der Waals surface area contributed by atoms with E-state index in [-0.39, 0.29) is 24.6 Å². The highest BCUT2D eigenvalue weighted by Crippen LogP contribution is 2.55. The molecule has 2 aliphatic rings. The molecule has 4 atom stereocenters. The molecule has 4 rings (SSSR count). The molecule has 0 amide bonds. The Hall–Kier alpha value is -2.86. The summed E-state index contributed by atoms with van der Waals surface area (Å²) in [6, 6.07) is 7.88. The summed E-state index contributed by atoms with van der Waals surface area (Å²) in [7, 11) is -4.21. The number of unbranched alkanes of at least 4 members (excludes halogenated alkanes) is 11. The Morgan fingerprint density at radius 1 is 1.04 bits per heavy atom. The number of anilines is 1. The van der Waals surface area contributed by atoms with Crippen molar-refractivity contribution in [2.24, 2.45) is 0 Å². The average Bonchev–Trinajstić information content (AvgIpc) is 3.25. The lowest BCUT2D eigenvalue weighted by molar-refractivity contribution is -0.176. The second-order valence-electron chi connectivity index (χ2n) is 11.5. The fourth-order valence-electron chi connectivity index (χ4n) is 5.40. The van der Waals surface area contributed by atoms with Crippen molar-refractivity contribution in [3.05, 3.63) is 52.6 Å². The van der Waals surface area contributed by atoms with Gasteiger partial charge in [-0.1, -0.05) is 95.8 Å². The number of carbonyl (C=O) groups excluding carboxylic acids is 1. The number of ether oxygens (including phenoxy) is 2. The van der Waals surface area contributed by atoms with E-state index in [0.29, 0.717) is 16.6 Å². The number of para-hydroxylation sites is 1. The van der Waals surface area contributed by atoms with Gasteiger partial charge in [-0.3, -0.25) is 18.4 Å². The molecule has 250 valence electrons. The second kappa shape index (κ2) is 16.6. The third kappa shape index (κ3) is 9.81. The molecule has 0 radical (unpaired) electrons. The number of benzene rings is 1. The van der Waals surface area contributed by atoms with Crippen LogP contribution in [0.25, 0.3) is 0 Å². The molecule has 14 heteroatoms. The topological polar surface area (TPSA) is 141 Å². The van der Waals surface area contributed by atoms with Crippen molar-refractivity contribution in [1.82, 2.24) is 9.55 Å². The van der Waals surface area contributed by atoms with E-state index in [1.807, 2.05) is 0 Å². The monoisotopic (exact) mass is 655 g/mol. The first-order valence-electron chi connectivity index (χ1n) is 15.9. The van der Waals surface area contributed by atoms with Gasteiger partial charge in [0.15, 0.2) is 6.10 Å². The minimum atomic E-state index is -4.21. The second-order valence-corrected chi connectivity index (χ2v) is 13.1. The molecule has 45 heavy (non-hydrogen) atoms. The van der Waals surface area contributed by atoms with E-state index in [4.69, 9.17) is 28.8 Å². The van der Waals surface area contributed by atoms with Crippen LogP contribution in [0.5, 0.6) is 5.75 Å². The van der Waals surface area contributed by atoms with E-state index in [1.165, 1.54) is 51.0 Å². The summed E-state index contributed by atoms with van der Waals surface area (Å²) in [5.74, 6) is -4.60. The van der Waals surface area contributed by atoms with Crippen LogP contribution in [0, 0.1) is 0 Å². The van der Waals surface area contributed by atoms with Crippen LogP contribution in [0.4, 0.5) is 14.6 Å². The zero-order valence-corrected chi connectivity index (χ0v) is 26.6. The molecule has 0 spiro atoms. The maximum atomic E-state index is 15.8. The Balaban J connectivity index is 1.31. The van der Waals surface area contributed by atoms with E-state index < -0.39 is 50.4 Å². The first-order chi connectivity index (χ1) is 21.6. The van der Waals surface area contributed by atoms with Crippen LogP contribution < -0.4 is 15.9 Å². The fraction of sp³-hybridized carbons (Fsp3) is 0.645. The number of phosphoric ester groups is 1. The Bertz CT molecular complexity index is 1360. The smallest absolute Gasteiger partial charge is 0.453 e. The van der Waals surface area contributed by atoms with Gasteiger partial charge in [0.2, 0.25) is 6.23 Å². The highest BCUT2D eigenvalue weighted by atomic mass is 31.2. The number of nitrogens with zero attached hydrogens (tertiary/aromatic N) is 2. The van der Waals surface area contributed by atoms with Gasteiger partial charge in [0.05, 0.1) is 13.2 Å². The molecule has 0 saturated carbocycles. The van der Waals surface area contributed by atoms with E-state index in [9.17, 15) is 14.2 Å². The highest BCUT2D eigenvalue weighted by molar-refractivity contribution is 7.49. The van der Waals surface area contributed by atoms with Gasteiger partial charge < -0.3 is 19.7 Å². The number of hydrogen-bond donors (Lipinski definition) is 1. The predicted octanol–water partition coefficient (Wildman–Crippen LogP) is 7.10. The number of aromatic nitrogens is 2. The Labute approximate surface area is 262 Å². The lowest BCUT2D eigenvalue weighted by Gasteiger charge is -2.27. The number of esters is 1. The molecule has 0 aliphatic carbocycles. The van der Waals surface area contributed by atoms with Crippen molar-refractivity contribution in [2.75, 3.05) is 12.3 Å². The number of fused-ring (bicyclic) bond motifs is 1. The number of nitrogen functional groups attached to an aromatic ring is 1. The van der Waals surface area contributed by atoms with Crippen LogP contribution in [0.2, 0.25) is 0 Å². The summed E-state index contributed by atoms with van der Waals surface area (Å²) >= 11 is 0. The van der Waals surface area contributed by atoms with Crippen LogP contribution in [-0.4, -0.2) is 40.3 Å². The van der Waals surface area contributed by atoms with Crippen molar-refractivity contribution in [2.45, 2.75) is 121 Å². The van der Waals surface area contributed by atoms with Crippen molar-refractivity contribution < 1.29 is 41.2 Å². The first kappa shape index (κ1) is 35.0. The van der Waals surface area contributed by atoms with Gasteiger partial charge in [-0.2, -0.15) is 13.8 Å². The molecule has 2 aliphatic heterocycles. The molecule has 2 N–H and O–H groups in total. The van der Waals surface area contributed by atoms with Gasteiger partial charge in [-0.05, 0) is 18.6 Å². The van der Waals surface area contributed by atoms with Crippen molar-refractivity contribution >= 4 is 19.6 Å². The van der Waals surface area contributed by atoms with Crippen LogP contribution in [0.3, 0.4) is 0 Å². The zero-order valence-electron chi connectivity index (χ0n) is 25.7. The molecule has 1 aromatic heterocycles. The SMILES string of the molecule is CCCCCCCCCCCCCCC(=O)O[C@@H]1[C@@H](COP2(=O)OCc3ccccc3O2)OC(n2ccc(N)nc2=O)C1(F)F. The zero-order chi connectivity index (χ0) is 32.3.